The topological polar surface area (TPSA) is 80.0 Å². The lowest BCUT2D eigenvalue weighted by molar-refractivity contribution is -0.135. The second-order valence-electron chi connectivity index (χ2n) is 4.43. The molecule has 0 aromatic heterocycles. The summed E-state index contributed by atoms with van der Waals surface area (Å²) in [4.78, 5) is 17.7. The molecule has 0 unspecified atom stereocenters. The molecule has 2 aliphatic rings. The molecular weight excluding hydrogens is 220 g/mol. The number of nitrogens with one attached hydrogen (secondary N) is 1. The number of carbonyl (C=O) groups excluding carboxylic acids is 1. The van der Waals surface area contributed by atoms with Gasteiger partial charge in [0.15, 0.2) is 5.96 Å². The van der Waals surface area contributed by atoms with Gasteiger partial charge in [-0.1, -0.05) is 0 Å². The van der Waals surface area contributed by atoms with E-state index in [-0.39, 0.29) is 5.91 Å². The first-order valence-corrected chi connectivity index (χ1v) is 6.17. The van der Waals surface area contributed by atoms with Crippen LogP contribution in [0.25, 0.3) is 0 Å². The Labute approximate surface area is 101 Å². The molecule has 96 valence electrons. The van der Waals surface area contributed by atoms with E-state index in [2.05, 4.69) is 10.3 Å². The third kappa shape index (κ3) is 4.22. The van der Waals surface area contributed by atoms with Crippen LogP contribution in [-0.2, 0) is 9.53 Å². The molecule has 0 atom stereocenters. The highest BCUT2D eigenvalue weighted by Crippen LogP contribution is 2.17. The number of ether oxygens (including phenoxy) is 1. The number of hydrogen-bond acceptors (Lipinski definition) is 3. The van der Waals surface area contributed by atoms with Gasteiger partial charge < -0.3 is 20.7 Å². The molecule has 1 saturated heterocycles. The van der Waals surface area contributed by atoms with E-state index in [4.69, 9.17) is 10.5 Å². The van der Waals surface area contributed by atoms with Gasteiger partial charge in [0.2, 0.25) is 5.91 Å². The first-order valence-electron chi connectivity index (χ1n) is 6.17. The van der Waals surface area contributed by atoms with Crippen molar-refractivity contribution in [3.63, 3.8) is 0 Å². The van der Waals surface area contributed by atoms with Gasteiger partial charge in [0.1, 0.15) is 0 Å². The van der Waals surface area contributed by atoms with Gasteiger partial charge in [0, 0.05) is 25.6 Å². The lowest BCUT2D eigenvalue weighted by Gasteiger charge is -2.26. The van der Waals surface area contributed by atoms with Crippen LogP contribution in [0.15, 0.2) is 4.99 Å². The maximum atomic E-state index is 11.8. The number of morpholine rings is 1. The zero-order valence-electron chi connectivity index (χ0n) is 10.0. The number of nitrogens with two attached hydrogens (primary N) is 1. The summed E-state index contributed by atoms with van der Waals surface area (Å²) >= 11 is 0. The van der Waals surface area contributed by atoms with E-state index < -0.39 is 0 Å². The van der Waals surface area contributed by atoms with Crippen LogP contribution >= 0.6 is 0 Å². The lowest BCUT2D eigenvalue weighted by atomic mass is 10.3. The van der Waals surface area contributed by atoms with Crippen LogP contribution in [0.3, 0.4) is 0 Å². The molecule has 1 saturated carbocycles. The Morgan fingerprint density at radius 3 is 2.76 bits per heavy atom. The summed E-state index contributed by atoms with van der Waals surface area (Å²) < 4.78 is 5.19. The highest BCUT2D eigenvalue weighted by Gasteiger charge is 2.21. The van der Waals surface area contributed by atoms with Gasteiger partial charge in [-0.25, -0.2) is 0 Å². The van der Waals surface area contributed by atoms with Gasteiger partial charge in [-0.15, -0.1) is 0 Å². The van der Waals surface area contributed by atoms with Crippen molar-refractivity contribution in [3.05, 3.63) is 0 Å². The fourth-order valence-electron chi connectivity index (χ4n) is 1.73. The minimum absolute atomic E-state index is 0.135. The van der Waals surface area contributed by atoms with E-state index in [1.807, 2.05) is 4.90 Å². The van der Waals surface area contributed by atoms with Crippen LogP contribution in [0.4, 0.5) is 0 Å². The van der Waals surface area contributed by atoms with E-state index in [1.165, 1.54) is 12.8 Å². The van der Waals surface area contributed by atoms with Crippen LogP contribution in [0.1, 0.15) is 19.3 Å². The Hall–Kier alpha value is -1.30. The van der Waals surface area contributed by atoms with Crippen molar-refractivity contribution in [1.29, 1.82) is 0 Å². The summed E-state index contributed by atoms with van der Waals surface area (Å²) in [6.07, 6.45) is 2.76. The first-order chi connectivity index (χ1) is 8.25. The van der Waals surface area contributed by atoms with Crippen LogP contribution in [-0.4, -0.2) is 55.7 Å². The predicted molar refractivity (Wildman–Crippen MR) is 64.7 cm³/mol. The van der Waals surface area contributed by atoms with E-state index in [0.717, 1.165) is 0 Å². The van der Waals surface area contributed by atoms with Crippen molar-refractivity contribution in [1.82, 2.24) is 10.2 Å². The number of amides is 1. The Kier molecular flexibility index (Phi) is 4.19. The van der Waals surface area contributed by atoms with Gasteiger partial charge in [0.05, 0.1) is 19.8 Å². The van der Waals surface area contributed by atoms with Crippen LogP contribution < -0.4 is 11.1 Å². The molecule has 1 aliphatic heterocycles. The van der Waals surface area contributed by atoms with Crippen molar-refractivity contribution in [2.45, 2.75) is 25.3 Å². The molecule has 1 aliphatic carbocycles. The third-order valence-electron chi connectivity index (χ3n) is 2.90. The molecule has 2 fully saturated rings. The quantitative estimate of drug-likeness (QED) is 0.503. The summed E-state index contributed by atoms with van der Waals surface area (Å²) in [5.74, 6) is 0.596. The zero-order chi connectivity index (χ0) is 12.1. The van der Waals surface area contributed by atoms with Gasteiger partial charge in [0.25, 0.3) is 0 Å². The van der Waals surface area contributed by atoms with Crippen LogP contribution in [0.5, 0.6) is 0 Å². The third-order valence-corrected chi connectivity index (χ3v) is 2.90. The van der Waals surface area contributed by atoms with Crippen molar-refractivity contribution in [2.24, 2.45) is 10.7 Å². The predicted octanol–water partition coefficient (Wildman–Crippen LogP) is -0.698. The number of guanidine groups is 1. The van der Waals surface area contributed by atoms with Crippen molar-refractivity contribution >= 4 is 11.9 Å². The largest absolute Gasteiger partial charge is 0.378 e. The Balaban J connectivity index is 1.64. The molecule has 0 bridgehead atoms. The smallest absolute Gasteiger partial charge is 0.224 e. The SMILES string of the molecule is NC(=NCCC(=O)N1CCOCC1)NC1CC1. The van der Waals surface area contributed by atoms with Gasteiger partial charge in [-0.2, -0.15) is 0 Å². The number of nitrogens with zero attached hydrogens (tertiary/aromatic N) is 2. The zero-order valence-corrected chi connectivity index (χ0v) is 10.0. The number of hydrogen-bond donors (Lipinski definition) is 2. The second-order valence-corrected chi connectivity index (χ2v) is 4.43. The van der Waals surface area contributed by atoms with Crippen molar-refractivity contribution in [2.75, 3.05) is 32.8 Å². The molecule has 0 spiro atoms. The van der Waals surface area contributed by atoms with Gasteiger partial charge >= 0.3 is 0 Å². The number of carbonyl (C=O) groups is 1. The van der Waals surface area contributed by atoms with Gasteiger partial charge in [-0.3, -0.25) is 9.79 Å². The van der Waals surface area contributed by atoms with Crippen molar-refractivity contribution < 1.29 is 9.53 Å². The van der Waals surface area contributed by atoms with E-state index in [0.29, 0.717) is 51.3 Å². The monoisotopic (exact) mass is 240 g/mol. The molecule has 0 aromatic rings. The second kappa shape index (κ2) is 5.86. The molecule has 0 aromatic carbocycles. The molecule has 6 heteroatoms. The Morgan fingerprint density at radius 1 is 1.41 bits per heavy atom. The highest BCUT2D eigenvalue weighted by molar-refractivity contribution is 5.80. The molecule has 2 rings (SSSR count). The molecule has 3 N–H and O–H groups in total. The molecule has 0 radical (unpaired) electrons. The van der Waals surface area contributed by atoms with E-state index in [1.54, 1.807) is 0 Å². The Morgan fingerprint density at radius 2 is 2.12 bits per heavy atom. The molecule has 1 amide bonds. The first kappa shape index (κ1) is 12.2. The molecule has 17 heavy (non-hydrogen) atoms. The minimum atomic E-state index is 0.135. The maximum absolute atomic E-state index is 11.8. The summed E-state index contributed by atoms with van der Waals surface area (Å²) in [6.45, 7) is 3.12. The fraction of sp³-hybridized carbons (Fsp3) is 0.818. The average molecular weight is 240 g/mol. The highest BCUT2D eigenvalue weighted by atomic mass is 16.5. The summed E-state index contributed by atoms with van der Waals surface area (Å²) in [5.41, 5.74) is 5.67. The fourth-order valence-corrected chi connectivity index (χ4v) is 1.73. The van der Waals surface area contributed by atoms with E-state index in [9.17, 15) is 4.79 Å². The summed E-state index contributed by atoms with van der Waals surface area (Å²) in [7, 11) is 0. The molecular formula is C11H20N4O2. The summed E-state index contributed by atoms with van der Waals surface area (Å²) in [5, 5.41) is 3.09. The van der Waals surface area contributed by atoms with Gasteiger partial charge in [-0.05, 0) is 12.8 Å². The van der Waals surface area contributed by atoms with E-state index >= 15 is 0 Å². The number of aliphatic imine (C=N–C) groups is 1. The van der Waals surface area contributed by atoms with Crippen molar-refractivity contribution in [3.8, 4) is 0 Å². The minimum Gasteiger partial charge on any atom is -0.378 e. The Bertz CT molecular complexity index is 296. The summed E-state index contributed by atoms with van der Waals surface area (Å²) in [6, 6.07) is 0.508. The molecule has 6 nitrogen and oxygen atoms in total. The average Bonchev–Trinajstić information content (AvgIpc) is 3.14. The molecule has 1 heterocycles. The van der Waals surface area contributed by atoms with Crippen LogP contribution in [0.2, 0.25) is 0 Å². The number of rotatable bonds is 4. The lowest BCUT2D eigenvalue weighted by Crippen LogP contribution is -2.41. The maximum Gasteiger partial charge on any atom is 0.224 e. The normalized spacial score (nSPS) is 21.4. The van der Waals surface area contributed by atoms with Crippen LogP contribution in [0, 0.1) is 0 Å². The standard InChI is InChI=1S/C11H20N4O2/c12-11(14-9-1-2-9)13-4-3-10(16)15-5-7-17-8-6-15/h9H,1-8H2,(H3,12,13,14).